The number of halogens is 2. The van der Waals surface area contributed by atoms with Gasteiger partial charge in [0, 0.05) is 19.0 Å². The number of alkyl halides is 2. The van der Waals surface area contributed by atoms with Crippen LogP contribution in [0.3, 0.4) is 0 Å². The number of carbonyl (C=O) groups is 1. The van der Waals surface area contributed by atoms with Crippen LogP contribution in [-0.2, 0) is 14.8 Å². The summed E-state index contributed by atoms with van der Waals surface area (Å²) in [6.45, 7) is 2.73. The molecule has 0 bridgehead atoms. The zero-order chi connectivity index (χ0) is 14.7. The van der Waals surface area contributed by atoms with Gasteiger partial charge in [0.05, 0.1) is 18.3 Å². The van der Waals surface area contributed by atoms with Gasteiger partial charge >= 0.3 is 0 Å². The van der Waals surface area contributed by atoms with Crippen molar-refractivity contribution in [3.8, 4) is 0 Å². The number of sulfonamides is 1. The number of hydrogen-bond acceptors (Lipinski definition) is 4. The minimum absolute atomic E-state index is 0.107. The van der Waals surface area contributed by atoms with Crippen molar-refractivity contribution in [1.29, 1.82) is 0 Å². The van der Waals surface area contributed by atoms with Crippen LogP contribution in [0.1, 0.15) is 20.3 Å². The lowest BCUT2D eigenvalue weighted by atomic mass is 10.2. The molecule has 0 aromatic heterocycles. The van der Waals surface area contributed by atoms with Crippen LogP contribution >= 0.6 is 0 Å². The van der Waals surface area contributed by atoms with Gasteiger partial charge in [0.1, 0.15) is 0 Å². The maximum absolute atomic E-state index is 12.9. The van der Waals surface area contributed by atoms with Crippen LogP contribution in [0, 0.1) is 0 Å². The first-order valence-corrected chi connectivity index (χ1v) is 7.65. The van der Waals surface area contributed by atoms with E-state index in [1.807, 2.05) is 0 Å². The normalized spacial score (nSPS) is 22.7. The molecule has 1 atom stereocenters. The fourth-order valence-electron chi connectivity index (χ4n) is 1.75. The average Bonchev–Trinajstić information content (AvgIpc) is 2.56. The van der Waals surface area contributed by atoms with E-state index in [1.165, 1.54) is 0 Å². The Labute approximate surface area is 111 Å². The third kappa shape index (κ3) is 5.79. The van der Waals surface area contributed by atoms with Gasteiger partial charge in [0.25, 0.3) is 5.92 Å². The lowest BCUT2D eigenvalue weighted by molar-refractivity contribution is -0.123. The van der Waals surface area contributed by atoms with E-state index in [9.17, 15) is 22.0 Å². The molecule has 0 radical (unpaired) electrons. The first-order chi connectivity index (χ1) is 8.61. The number of hydrogen-bond donors (Lipinski definition) is 3. The second-order valence-corrected chi connectivity index (χ2v) is 6.75. The highest BCUT2D eigenvalue weighted by Crippen LogP contribution is 2.24. The summed E-state index contributed by atoms with van der Waals surface area (Å²) < 4.78 is 51.0. The molecule has 0 aliphatic carbocycles. The van der Waals surface area contributed by atoms with Crippen molar-refractivity contribution in [2.75, 3.05) is 18.8 Å². The zero-order valence-electron chi connectivity index (χ0n) is 10.9. The Morgan fingerprint density at radius 3 is 2.58 bits per heavy atom. The topological polar surface area (TPSA) is 87.3 Å². The smallest absolute Gasteiger partial charge is 0.262 e. The van der Waals surface area contributed by atoms with Crippen molar-refractivity contribution < 1.29 is 22.0 Å². The molecule has 1 saturated heterocycles. The highest BCUT2D eigenvalue weighted by atomic mass is 32.2. The Kier molecular flexibility index (Phi) is 5.22. The minimum atomic E-state index is -3.46. The van der Waals surface area contributed by atoms with Crippen LogP contribution in [0.5, 0.6) is 0 Å². The third-order valence-corrected chi connectivity index (χ3v) is 4.08. The SMILES string of the molecule is CC(C)NS(=O)(=O)CCNC(=O)C1CC(F)(F)CN1. The van der Waals surface area contributed by atoms with E-state index in [4.69, 9.17) is 0 Å². The second kappa shape index (κ2) is 6.10. The van der Waals surface area contributed by atoms with E-state index >= 15 is 0 Å². The van der Waals surface area contributed by atoms with Gasteiger partial charge in [-0.3, -0.25) is 10.1 Å². The molecule has 0 spiro atoms. The van der Waals surface area contributed by atoms with E-state index in [-0.39, 0.29) is 18.3 Å². The standard InChI is InChI=1S/C10H19F2N3O3S/c1-7(2)15-19(17,18)4-3-13-9(16)8-5-10(11,12)6-14-8/h7-8,14-15H,3-6H2,1-2H3,(H,13,16). The lowest BCUT2D eigenvalue weighted by Crippen LogP contribution is -2.43. The fourth-order valence-corrected chi connectivity index (χ4v) is 2.96. The molecular formula is C10H19F2N3O3S. The molecule has 1 unspecified atom stereocenters. The monoisotopic (exact) mass is 299 g/mol. The van der Waals surface area contributed by atoms with Crippen molar-refractivity contribution in [2.24, 2.45) is 0 Å². The largest absolute Gasteiger partial charge is 0.354 e. The number of carbonyl (C=O) groups excluding carboxylic acids is 1. The maximum Gasteiger partial charge on any atom is 0.262 e. The molecule has 1 aliphatic heterocycles. The molecule has 19 heavy (non-hydrogen) atoms. The molecular weight excluding hydrogens is 280 g/mol. The molecule has 1 rings (SSSR count). The molecule has 1 aliphatic rings. The van der Waals surface area contributed by atoms with Crippen LogP contribution in [-0.4, -0.2) is 51.2 Å². The quantitative estimate of drug-likeness (QED) is 0.613. The predicted molar refractivity (Wildman–Crippen MR) is 66.4 cm³/mol. The van der Waals surface area contributed by atoms with Gasteiger partial charge in [0.15, 0.2) is 0 Å². The van der Waals surface area contributed by atoms with Crippen molar-refractivity contribution in [3.63, 3.8) is 0 Å². The van der Waals surface area contributed by atoms with Crippen molar-refractivity contribution in [3.05, 3.63) is 0 Å². The molecule has 6 nitrogen and oxygen atoms in total. The van der Waals surface area contributed by atoms with Crippen molar-refractivity contribution in [2.45, 2.75) is 38.3 Å². The van der Waals surface area contributed by atoms with Crippen LogP contribution in [0.4, 0.5) is 8.78 Å². The molecule has 1 amide bonds. The van der Waals surface area contributed by atoms with Crippen LogP contribution < -0.4 is 15.4 Å². The zero-order valence-corrected chi connectivity index (χ0v) is 11.7. The first-order valence-electron chi connectivity index (χ1n) is 6.00. The number of amides is 1. The van der Waals surface area contributed by atoms with E-state index in [0.717, 1.165) is 0 Å². The molecule has 3 N–H and O–H groups in total. The molecule has 0 aromatic carbocycles. The molecule has 1 heterocycles. The van der Waals surface area contributed by atoms with Gasteiger partial charge in [-0.05, 0) is 13.8 Å². The Balaban J connectivity index is 2.32. The van der Waals surface area contributed by atoms with Crippen molar-refractivity contribution >= 4 is 15.9 Å². The van der Waals surface area contributed by atoms with Crippen molar-refractivity contribution in [1.82, 2.24) is 15.4 Å². The van der Waals surface area contributed by atoms with E-state index in [2.05, 4.69) is 15.4 Å². The van der Waals surface area contributed by atoms with Crippen LogP contribution in [0.25, 0.3) is 0 Å². The molecule has 1 fully saturated rings. The summed E-state index contributed by atoms with van der Waals surface area (Å²) in [4.78, 5) is 11.5. The fraction of sp³-hybridized carbons (Fsp3) is 0.900. The van der Waals surface area contributed by atoms with E-state index < -0.39 is 40.9 Å². The molecule has 0 saturated carbocycles. The summed E-state index contributed by atoms with van der Waals surface area (Å²) in [6, 6.07) is -1.19. The summed E-state index contributed by atoms with van der Waals surface area (Å²) in [7, 11) is -3.46. The summed E-state index contributed by atoms with van der Waals surface area (Å²) in [5.41, 5.74) is 0. The van der Waals surface area contributed by atoms with Crippen LogP contribution in [0.2, 0.25) is 0 Å². The average molecular weight is 299 g/mol. The van der Waals surface area contributed by atoms with Gasteiger partial charge in [-0.1, -0.05) is 0 Å². The maximum atomic E-state index is 12.9. The summed E-state index contributed by atoms with van der Waals surface area (Å²) >= 11 is 0. The second-order valence-electron chi connectivity index (χ2n) is 4.88. The Morgan fingerprint density at radius 2 is 2.11 bits per heavy atom. The van der Waals surface area contributed by atoms with Crippen LogP contribution in [0.15, 0.2) is 0 Å². The van der Waals surface area contributed by atoms with Gasteiger partial charge in [0.2, 0.25) is 15.9 Å². The summed E-state index contributed by atoms with van der Waals surface area (Å²) in [6.07, 6.45) is -0.560. The predicted octanol–water partition coefficient (Wildman–Crippen LogP) is -0.572. The highest BCUT2D eigenvalue weighted by Gasteiger charge is 2.42. The Bertz CT molecular complexity index is 426. The molecule has 9 heteroatoms. The van der Waals surface area contributed by atoms with Gasteiger partial charge in [-0.15, -0.1) is 0 Å². The van der Waals surface area contributed by atoms with E-state index in [0.29, 0.717) is 0 Å². The first kappa shape index (κ1) is 16.3. The lowest BCUT2D eigenvalue weighted by Gasteiger charge is -2.12. The van der Waals surface area contributed by atoms with E-state index in [1.54, 1.807) is 13.8 Å². The molecule has 0 aromatic rings. The highest BCUT2D eigenvalue weighted by molar-refractivity contribution is 7.89. The Morgan fingerprint density at radius 1 is 1.47 bits per heavy atom. The summed E-state index contributed by atoms with van der Waals surface area (Å²) in [5.74, 6) is -3.76. The Hall–Kier alpha value is -0.800. The summed E-state index contributed by atoms with van der Waals surface area (Å²) in [5, 5.41) is 4.74. The number of rotatable bonds is 6. The van der Waals surface area contributed by atoms with Gasteiger partial charge in [-0.2, -0.15) is 0 Å². The van der Waals surface area contributed by atoms with Gasteiger partial charge < -0.3 is 5.32 Å². The number of nitrogens with one attached hydrogen (secondary N) is 3. The van der Waals surface area contributed by atoms with Gasteiger partial charge in [-0.25, -0.2) is 21.9 Å². The third-order valence-electron chi connectivity index (χ3n) is 2.51. The minimum Gasteiger partial charge on any atom is -0.354 e. The molecule has 112 valence electrons.